The van der Waals surface area contributed by atoms with Gasteiger partial charge in [0.05, 0.1) is 11.0 Å². The zero-order valence-electron chi connectivity index (χ0n) is 11.0. The molecule has 0 bridgehead atoms. The van der Waals surface area contributed by atoms with Gasteiger partial charge in [0.1, 0.15) is 6.33 Å². The summed E-state index contributed by atoms with van der Waals surface area (Å²) in [6.45, 7) is 0.270. The Morgan fingerprint density at radius 1 is 1.38 bits per heavy atom. The zero-order valence-corrected chi connectivity index (χ0v) is 12.5. The van der Waals surface area contributed by atoms with Crippen molar-refractivity contribution in [2.45, 2.75) is 18.1 Å². The number of hydrogen-bond acceptors (Lipinski definition) is 7. The maximum Gasteiger partial charge on any atom is 0.241 e. The number of anilines is 1. The van der Waals surface area contributed by atoms with Crippen LogP contribution < -0.4 is 5.32 Å². The topological polar surface area (TPSA) is 103 Å². The molecule has 112 valence electrons. The molecular formula is C11H13ClN6O2S. The Hall–Kier alpha value is -1.74. The van der Waals surface area contributed by atoms with E-state index in [4.69, 9.17) is 11.6 Å². The first kappa shape index (κ1) is 14.2. The number of sulfone groups is 1. The van der Waals surface area contributed by atoms with Crippen LogP contribution in [0.1, 0.15) is 12.8 Å². The van der Waals surface area contributed by atoms with E-state index in [1.807, 2.05) is 0 Å². The van der Waals surface area contributed by atoms with Crippen LogP contribution in [-0.4, -0.2) is 50.5 Å². The van der Waals surface area contributed by atoms with Crippen LogP contribution in [0.25, 0.3) is 5.95 Å². The Bertz CT molecular complexity index is 733. The third kappa shape index (κ3) is 3.13. The first-order valence-corrected chi connectivity index (χ1v) is 8.49. The van der Waals surface area contributed by atoms with Crippen molar-refractivity contribution in [2.75, 3.05) is 17.6 Å². The summed E-state index contributed by atoms with van der Waals surface area (Å²) < 4.78 is 25.1. The van der Waals surface area contributed by atoms with Gasteiger partial charge in [-0.15, -0.1) is 0 Å². The number of hydrogen-bond donors (Lipinski definition) is 1. The van der Waals surface area contributed by atoms with Gasteiger partial charge in [-0.2, -0.15) is 15.0 Å². The molecule has 1 N–H and O–H groups in total. The molecule has 0 radical (unpaired) electrons. The van der Waals surface area contributed by atoms with Gasteiger partial charge in [0.25, 0.3) is 0 Å². The molecule has 1 aliphatic heterocycles. The molecule has 1 unspecified atom stereocenters. The molecule has 0 spiro atoms. The van der Waals surface area contributed by atoms with Gasteiger partial charge in [-0.05, 0) is 24.4 Å². The summed E-state index contributed by atoms with van der Waals surface area (Å²) in [5.41, 5.74) is 0. The fourth-order valence-corrected chi connectivity index (χ4v) is 4.13. The third-order valence-electron chi connectivity index (χ3n) is 3.28. The van der Waals surface area contributed by atoms with Gasteiger partial charge in [-0.3, -0.25) is 4.57 Å². The minimum Gasteiger partial charge on any atom is -0.353 e. The largest absolute Gasteiger partial charge is 0.353 e. The van der Waals surface area contributed by atoms with Gasteiger partial charge in [-0.1, -0.05) is 0 Å². The molecule has 0 saturated carbocycles. The highest BCUT2D eigenvalue weighted by Gasteiger charge is 2.31. The van der Waals surface area contributed by atoms with Crippen molar-refractivity contribution in [2.24, 2.45) is 0 Å². The van der Waals surface area contributed by atoms with Crippen molar-refractivity contribution in [1.29, 1.82) is 0 Å². The first-order chi connectivity index (χ1) is 10.0. The van der Waals surface area contributed by atoms with E-state index in [-0.39, 0.29) is 23.5 Å². The number of halogens is 1. The molecule has 21 heavy (non-hydrogen) atoms. The minimum absolute atomic E-state index is 0.0329. The summed E-state index contributed by atoms with van der Waals surface area (Å²) in [5, 5.41) is 2.56. The molecule has 10 heteroatoms. The summed E-state index contributed by atoms with van der Waals surface area (Å²) in [6, 6.07) is 0. The number of aromatic nitrogens is 5. The maximum atomic E-state index is 11.8. The molecule has 8 nitrogen and oxygen atoms in total. The van der Waals surface area contributed by atoms with Crippen LogP contribution >= 0.6 is 11.6 Å². The standard InChI is InChI=1S/C11H13ClN6O2S/c12-9-15-10(14-6-8-2-1-5-21(8,19)20)17-11(16-9)18-4-3-13-7-18/h3-4,7-8H,1-2,5-6H2,(H,14,15,16,17). The predicted molar refractivity (Wildman–Crippen MR) is 77.3 cm³/mol. The summed E-state index contributed by atoms with van der Waals surface area (Å²) in [4.78, 5) is 16.0. The third-order valence-corrected chi connectivity index (χ3v) is 5.73. The Morgan fingerprint density at radius 3 is 2.90 bits per heavy atom. The molecule has 2 aromatic heterocycles. The molecule has 0 aliphatic carbocycles. The smallest absolute Gasteiger partial charge is 0.241 e. The van der Waals surface area contributed by atoms with Crippen LogP contribution in [0.5, 0.6) is 0 Å². The second-order valence-electron chi connectivity index (χ2n) is 4.71. The Balaban J connectivity index is 1.77. The van der Waals surface area contributed by atoms with Crippen molar-refractivity contribution in [3.05, 3.63) is 24.0 Å². The van der Waals surface area contributed by atoms with Crippen molar-refractivity contribution < 1.29 is 8.42 Å². The molecule has 3 heterocycles. The van der Waals surface area contributed by atoms with E-state index in [1.165, 1.54) is 6.33 Å². The lowest BCUT2D eigenvalue weighted by atomic mass is 10.2. The Kier molecular flexibility index (Phi) is 3.77. The van der Waals surface area contributed by atoms with Crippen molar-refractivity contribution in [1.82, 2.24) is 24.5 Å². The van der Waals surface area contributed by atoms with E-state index in [0.29, 0.717) is 18.8 Å². The van der Waals surface area contributed by atoms with Gasteiger partial charge in [0, 0.05) is 18.9 Å². The van der Waals surface area contributed by atoms with Crippen molar-refractivity contribution >= 4 is 27.4 Å². The average molecular weight is 329 g/mol. The fourth-order valence-electron chi connectivity index (χ4n) is 2.20. The first-order valence-electron chi connectivity index (χ1n) is 6.40. The summed E-state index contributed by atoms with van der Waals surface area (Å²) >= 11 is 5.86. The quantitative estimate of drug-likeness (QED) is 0.881. The lowest BCUT2D eigenvalue weighted by molar-refractivity contribution is 0.591. The van der Waals surface area contributed by atoms with Gasteiger partial charge < -0.3 is 5.32 Å². The molecule has 1 atom stereocenters. The van der Waals surface area contributed by atoms with E-state index < -0.39 is 15.1 Å². The number of imidazole rings is 1. The molecule has 3 rings (SSSR count). The highest BCUT2D eigenvalue weighted by atomic mass is 35.5. The highest BCUT2D eigenvalue weighted by molar-refractivity contribution is 7.92. The van der Waals surface area contributed by atoms with Gasteiger partial charge in [0.15, 0.2) is 9.84 Å². The normalized spacial score (nSPS) is 20.5. The van der Waals surface area contributed by atoms with Crippen molar-refractivity contribution in [3.63, 3.8) is 0 Å². The number of rotatable bonds is 4. The van der Waals surface area contributed by atoms with Gasteiger partial charge in [0.2, 0.25) is 17.2 Å². The predicted octanol–water partition coefficient (Wildman–Crippen LogP) is 0.700. The van der Waals surface area contributed by atoms with Crippen LogP contribution in [0.2, 0.25) is 5.28 Å². The molecule has 1 saturated heterocycles. The second-order valence-corrected chi connectivity index (χ2v) is 7.45. The van der Waals surface area contributed by atoms with Crippen LogP contribution in [0.3, 0.4) is 0 Å². The monoisotopic (exact) mass is 328 g/mol. The molecule has 2 aromatic rings. The Morgan fingerprint density at radius 2 is 2.24 bits per heavy atom. The van der Waals surface area contributed by atoms with E-state index in [9.17, 15) is 8.42 Å². The lowest BCUT2D eigenvalue weighted by Gasteiger charge is -2.11. The molecule has 0 amide bonds. The highest BCUT2D eigenvalue weighted by Crippen LogP contribution is 2.20. The number of nitrogens with zero attached hydrogens (tertiary/aromatic N) is 5. The Labute approximate surface area is 126 Å². The zero-order chi connectivity index (χ0) is 14.9. The van der Waals surface area contributed by atoms with Gasteiger partial charge in [-0.25, -0.2) is 13.4 Å². The molecular weight excluding hydrogens is 316 g/mol. The molecule has 1 aliphatic rings. The maximum absolute atomic E-state index is 11.8. The van der Waals surface area contributed by atoms with E-state index in [2.05, 4.69) is 25.3 Å². The van der Waals surface area contributed by atoms with Crippen LogP contribution in [0, 0.1) is 0 Å². The summed E-state index contributed by atoms with van der Waals surface area (Å²) in [5.74, 6) is 0.822. The van der Waals surface area contributed by atoms with Crippen LogP contribution in [0.4, 0.5) is 5.95 Å². The van der Waals surface area contributed by atoms with Crippen molar-refractivity contribution in [3.8, 4) is 5.95 Å². The average Bonchev–Trinajstić information content (AvgIpc) is 3.05. The summed E-state index contributed by atoms with van der Waals surface area (Å²) in [7, 11) is -3.00. The lowest BCUT2D eigenvalue weighted by Crippen LogP contribution is -2.26. The SMILES string of the molecule is O=S1(=O)CCCC1CNc1nc(Cl)nc(-n2ccnc2)n1. The van der Waals surface area contributed by atoms with E-state index in [1.54, 1.807) is 17.0 Å². The van der Waals surface area contributed by atoms with E-state index in [0.717, 1.165) is 0 Å². The second kappa shape index (κ2) is 5.57. The summed E-state index contributed by atoms with van der Waals surface area (Å²) in [6.07, 6.45) is 6.17. The minimum atomic E-state index is -3.00. The molecule has 1 fully saturated rings. The van der Waals surface area contributed by atoms with Gasteiger partial charge >= 0.3 is 0 Å². The number of nitrogens with one attached hydrogen (secondary N) is 1. The van der Waals surface area contributed by atoms with E-state index >= 15 is 0 Å². The van der Waals surface area contributed by atoms with Crippen LogP contribution in [0.15, 0.2) is 18.7 Å². The fraction of sp³-hybridized carbons (Fsp3) is 0.455. The molecule has 0 aromatic carbocycles. The van der Waals surface area contributed by atoms with Crippen LogP contribution in [-0.2, 0) is 9.84 Å².